The van der Waals surface area contributed by atoms with E-state index in [-0.39, 0.29) is 17.9 Å². The van der Waals surface area contributed by atoms with Crippen LogP contribution >= 0.6 is 0 Å². The van der Waals surface area contributed by atoms with Gasteiger partial charge < -0.3 is 14.8 Å². The quantitative estimate of drug-likeness (QED) is 0.763. The molecule has 1 N–H and O–H groups in total. The van der Waals surface area contributed by atoms with E-state index < -0.39 is 12.1 Å². The molecule has 1 amide bonds. The Morgan fingerprint density at radius 2 is 2.07 bits per heavy atom. The molecule has 27 heavy (non-hydrogen) atoms. The first-order chi connectivity index (χ1) is 12.9. The Hall–Kier alpha value is -1.36. The lowest BCUT2D eigenvalue weighted by Crippen LogP contribution is -2.57. The molecule has 5 nitrogen and oxygen atoms in total. The van der Waals surface area contributed by atoms with Crippen LogP contribution in [0, 0.1) is 28.6 Å². The van der Waals surface area contributed by atoms with Gasteiger partial charge in [0.25, 0.3) is 5.91 Å². The number of carbonyl (C=O) groups is 2. The summed E-state index contributed by atoms with van der Waals surface area (Å²) in [5.74, 6) is 1.58. The predicted octanol–water partition coefficient (Wildman–Crippen LogP) is 3.58. The molecule has 1 heterocycles. The van der Waals surface area contributed by atoms with Gasteiger partial charge in [-0.25, -0.2) is 4.79 Å². The fourth-order valence-electron chi connectivity index (χ4n) is 6.74. The van der Waals surface area contributed by atoms with E-state index in [1.807, 2.05) is 0 Å². The minimum Gasteiger partial charge on any atom is -0.464 e. The van der Waals surface area contributed by atoms with Gasteiger partial charge in [0.2, 0.25) is 0 Å². The Balaban J connectivity index is 1.52. The first kappa shape index (κ1) is 19.0. The van der Waals surface area contributed by atoms with E-state index in [0.717, 1.165) is 18.0 Å². The van der Waals surface area contributed by atoms with Crippen LogP contribution in [0.5, 0.6) is 0 Å². The molecule has 0 aromatic rings. The van der Waals surface area contributed by atoms with Gasteiger partial charge in [0, 0.05) is 11.1 Å². The summed E-state index contributed by atoms with van der Waals surface area (Å²) in [6.45, 7) is 6.73. The van der Waals surface area contributed by atoms with Gasteiger partial charge in [-0.15, -0.1) is 0 Å². The van der Waals surface area contributed by atoms with E-state index >= 15 is 0 Å². The number of allylic oxidation sites excluding steroid dienone is 2. The van der Waals surface area contributed by atoms with E-state index in [9.17, 15) is 9.59 Å². The van der Waals surface area contributed by atoms with Crippen molar-refractivity contribution in [3.8, 4) is 0 Å². The van der Waals surface area contributed by atoms with Crippen molar-refractivity contribution in [3.05, 3.63) is 11.8 Å². The maximum Gasteiger partial charge on any atom is 0.332 e. The number of ether oxygens (including phenoxy) is 2. The average Bonchev–Trinajstić information content (AvgIpc) is 3.02. The van der Waals surface area contributed by atoms with E-state index in [2.05, 4.69) is 25.2 Å². The average molecular weight is 376 g/mol. The highest BCUT2D eigenvalue weighted by molar-refractivity contribution is 5.84. The Morgan fingerprint density at radius 3 is 2.85 bits per heavy atom. The van der Waals surface area contributed by atoms with Crippen LogP contribution in [-0.2, 0) is 19.1 Å². The molecular formula is C22H33NO4. The van der Waals surface area contributed by atoms with Crippen molar-refractivity contribution < 1.29 is 19.1 Å². The van der Waals surface area contributed by atoms with Gasteiger partial charge in [-0.2, -0.15) is 0 Å². The maximum absolute atomic E-state index is 12.5. The second-order valence-corrected chi connectivity index (χ2v) is 9.53. The lowest BCUT2D eigenvalue weighted by Gasteiger charge is -2.57. The Kier molecular flexibility index (Phi) is 4.86. The molecule has 3 aliphatic carbocycles. The second-order valence-electron chi connectivity index (χ2n) is 9.53. The van der Waals surface area contributed by atoms with Gasteiger partial charge in [0.15, 0.2) is 0 Å². The lowest BCUT2D eigenvalue weighted by molar-refractivity contribution is -0.157. The monoisotopic (exact) mass is 375 g/mol. The van der Waals surface area contributed by atoms with Crippen LogP contribution in [0.4, 0.5) is 0 Å². The van der Waals surface area contributed by atoms with Crippen LogP contribution in [-0.4, -0.2) is 31.2 Å². The van der Waals surface area contributed by atoms with Gasteiger partial charge in [0.05, 0.1) is 6.61 Å². The summed E-state index contributed by atoms with van der Waals surface area (Å²) in [6.07, 6.45) is 10.1. The molecule has 0 bridgehead atoms. The molecule has 2 saturated carbocycles. The number of piperidine rings is 1. The fraction of sp³-hybridized carbons (Fsp3) is 0.818. The molecule has 1 saturated heterocycles. The summed E-state index contributed by atoms with van der Waals surface area (Å²) in [5, 5.41) is 3.11. The van der Waals surface area contributed by atoms with Gasteiger partial charge in [-0.3, -0.25) is 4.79 Å². The minimum absolute atomic E-state index is 0.0694. The summed E-state index contributed by atoms with van der Waals surface area (Å²) in [5.41, 5.74) is 1.53. The standard InChI is InChI=1S/C22H33NO4/c1-4-26-19(24)13-27-17-12-22(3)16-9-11-21(2)10-5-6-15(21)14(16)7-8-18(22)23-20(17)25/h8,14-17H,4-7,9-13H2,1-3H3,(H,23,25)/t14-,15-,16+,17?,21-,22+/m0/s1. The SMILES string of the molecule is CCOC(=O)COC1C[C@@]2(C)C(=CC[C@@H]3[C@H]2CC[C@]2(C)CCC[C@@H]32)NC1=O. The molecule has 5 heteroatoms. The molecule has 0 radical (unpaired) electrons. The van der Waals surface area contributed by atoms with Gasteiger partial charge >= 0.3 is 5.97 Å². The Morgan fingerprint density at radius 1 is 1.26 bits per heavy atom. The number of rotatable bonds is 4. The highest BCUT2D eigenvalue weighted by Gasteiger charge is 2.57. The van der Waals surface area contributed by atoms with Crippen molar-refractivity contribution in [1.29, 1.82) is 0 Å². The largest absolute Gasteiger partial charge is 0.464 e. The molecule has 1 unspecified atom stereocenters. The first-order valence-electron chi connectivity index (χ1n) is 10.7. The number of esters is 1. The predicted molar refractivity (Wildman–Crippen MR) is 102 cm³/mol. The maximum atomic E-state index is 12.5. The van der Waals surface area contributed by atoms with Crippen molar-refractivity contribution >= 4 is 11.9 Å². The fourth-order valence-corrected chi connectivity index (χ4v) is 6.74. The zero-order chi connectivity index (χ0) is 19.2. The number of amides is 1. The summed E-state index contributed by atoms with van der Waals surface area (Å²) in [7, 11) is 0. The van der Waals surface area contributed by atoms with Crippen LogP contribution in [0.25, 0.3) is 0 Å². The molecule has 4 aliphatic rings. The molecule has 0 aromatic carbocycles. The van der Waals surface area contributed by atoms with E-state index in [0.29, 0.717) is 30.3 Å². The molecule has 0 spiro atoms. The smallest absolute Gasteiger partial charge is 0.332 e. The van der Waals surface area contributed by atoms with Crippen LogP contribution in [0.3, 0.4) is 0 Å². The van der Waals surface area contributed by atoms with Crippen LogP contribution in [0.1, 0.15) is 65.7 Å². The second kappa shape index (κ2) is 6.91. The number of hydrogen-bond acceptors (Lipinski definition) is 4. The van der Waals surface area contributed by atoms with E-state index in [1.54, 1.807) is 6.92 Å². The molecule has 4 rings (SSSR count). The third-order valence-corrected chi connectivity index (χ3v) is 8.11. The van der Waals surface area contributed by atoms with Crippen LogP contribution in [0.15, 0.2) is 11.8 Å². The normalized spacial score (nSPS) is 43.1. The highest BCUT2D eigenvalue weighted by atomic mass is 16.6. The number of carbonyl (C=O) groups excluding carboxylic acids is 2. The van der Waals surface area contributed by atoms with Crippen molar-refractivity contribution in [2.24, 2.45) is 28.6 Å². The van der Waals surface area contributed by atoms with Gasteiger partial charge in [-0.1, -0.05) is 26.3 Å². The minimum atomic E-state index is -0.577. The van der Waals surface area contributed by atoms with Crippen molar-refractivity contribution in [3.63, 3.8) is 0 Å². The van der Waals surface area contributed by atoms with Crippen molar-refractivity contribution in [1.82, 2.24) is 5.32 Å². The molecule has 150 valence electrons. The summed E-state index contributed by atoms with van der Waals surface area (Å²) in [6, 6.07) is 0. The zero-order valence-corrected chi connectivity index (χ0v) is 16.9. The molecule has 6 atom stereocenters. The van der Waals surface area contributed by atoms with Crippen LogP contribution in [0.2, 0.25) is 0 Å². The van der Waals surface area contributed by atoms with E-state index in [4.69, 9.17) is 9.47 Å². The summed E-state index contributed by atoms with van der Waals surface area (Å²) in [4.78, 5) is 24.2. The highest BCUT2D eigenvalue weighted by Crippen LogP contribution is 2.63. The molecule has 0 aromatic heterocycles. The van der Waals surface area contributed by atoms with Gasteiger partial charge in [0.1, 0.15) is 12.7 Å². The Labute approximate surface area is 162 Å². The van der Waals surface area contributed by atoms with E-state index in [1.165, 1.54) is 32.1 Å². The molecule has 3 fully saturated rings. The lowest BCUT2D eigenvalue weighted by atomic mass is 9.50. The van der Waals surface area contributed by atoms with Crippen LogP contribution < -0.4 is 5.32 Å². The number of hydrogen-bond donors (Lipinski definition) is 1. The number of nitrogens with one attached hydrogen (secondary N) is 1. The third-order valence-electron chi connectivity index (χ3n) is 8.11. The first-order valence-corrected chi connectivity index (χ1v) is 10.7. The molecule has 1 aliphatic heterocycles. The van der Waals surface area contributed by atoms with Crippen molar-refractivity contribution in [2.45, 2.75) is 71.8 Å². The Bertz CT molecular complexity index is 659. The summed E-state index contributed by atoms with van der Waals surface area (Å²) >= 11 is 0. The number of fused-ring (bicyclic) bond motifs is 5. The third kappa shape index (κ3) is 3.12. The molecular weight excluding hydrogens is 342 g/mol. The topological polar surface area (TPSA) is 64.6 Å². The zero-order valence-electron chi connectivity index (χ0n) is 16.9. The van der Waals surface area contributed by atoms with Gasteiger partial charge in [-0.05, 0) is 68.6 Å². The summed E-state index contributed by atoms with van der Waals surface area (Å²) < 4.78 is 10.6. The van der Waals surface area contributed by atoms with Crippen molar-refractivity contribution in [2.75, 3.05) is 13.2 Å².